The molecule has 0 aliphatic carbocycles. The van der Waals surface area contributed by atoms with Crippen molar-refractivity contribution in [3.05, 3.63) is 35.9 Å². The van der Waals surface area contributed by atoms with Crippen LogP contribution in [0.25, 0.3) is 0 Å². The first-order valence-electron chi connectivity index (χ1n) is 3.32. The van der Waals surface area contributed by atoms with Crippen LogP contribution in [-0.2, 0) is 11.0 Å². The first-order valence-corrected chi connectivity index (χ1v) is 4.44. The average Bonchev–Trinajstić information content (AvgIpc) is 2.03. The van der Waals surface area contributed by atoms with Gasteiger partial charge in [-0.1, -0.05) is 34.9 Å². The van der Waals surface area contributed by atoms with Crippen molar-refractivity contribution in [1.29, 1.82) is 0 Å². The Hall–Kier alpha value is -0.680. The zero-order valence-electron chi connectivity index (χ0n) is 5.71. The van der Waals surface area contributed by atoms with E-state index < -0.39 is 0 Å². The van der Waals surface area contributed by atoms with Gasteiger partial charge in [0, 0.05) is 6.42 Å². The summed E-state index contributed by atoms with van der Waals surface area (Å²) in [6.45, 7) is 0. The second-order valence-electron chi connectivity index (χ2n) is 2.13. The lowest BCUT2D eigenvalue weighted by Gasteiger charge is -1.90. The largest absolute Gasteiger partial charge is 0.325 e. The monoisotopic (exact) mass is 153 g/mol. The van der Waals surface area contributed by atoms with Crippen molar-refractivity contribution < 1.29 is 4.57 Å². The van der Waals surface area contributed by atoms with Crippen LogP contribution in [0.2, 0.25) is 0 Å². The van der Waals surface area contributed by atoms with Crippen molar-refractivity contribution in [2.45, 2.75) is 6.42 Å². The van der Waals surface area contributed by atoms with E-state index in [9.17, 15) is 4.57 Å². The minimum absolute atomic E-state index is 0.167. The third-order valence-corrected chi connectivity index (χ3v) is 1.81. The van der Waals surface area contributed by atoms with Gasteiger partial charge < -0.3 is 0 Å². The minimum atomic E-state index is -0.167. The van der Waals surface area contributed by atoms with Gasteiger partial charge in [-0.25, -0.2) is 0 Å². The number of aryl methyl sites for hydroxylation is 1. The van der Waals surface area contributed by atoms with Crippen molar-refractivity contribution in [3.63, 3.8) is 0 Å². The third kappa shape index (κ3) is 2.28. The third-order valence-electron chi connectivity index (χ3n) is 1.36. The molecule has 1 aromatic carbocycles. The molecule has 0 N–H and O–H groups in total. The lowest BCUT2D eigenvalue weighted by molar-refractivity contribution is 0.598. The molecule has 0 fully saturated rings. The molecule has 0 saturated heterocycles. The number of hydrogen-bond donors (Lipinski definition) is 0. The maximum Gasteiger partial charge on any atom is 0.325 e. The van der Waals surface area contributed by atoms with E-state index in [0.717, 1.165) is 12.6 Å². The van der Waals surface area contributed by atoms with Gasteiger partial charge >= 0.3 is 8.46 Å². The van der Waals surface area contributed by atoms with Crippen LogP contribution in [0.4, 0.5) is 0 Å². The van der Waals surface area contributed by atoms with Gasteiger partial charge in [-0.2, -0.15) is 0 Å². The Morgan fingerprint density at radius 3 is 2.50 bits per heavy atom. The number of rotatable bonds is 3. The van der Waals surface area contributed by atoms with Gasteiger partial charge in [-0.3, -0.25) is 0 Å². The van der Waals surface area contributed by atoms with E-state index in [4.69, 9.17) is 0 Å². The lowest BCUT2D eigenvalue weighted by Crippen LogP contribution is -1.83. The Morgan fingerprint density at radius 1 is 1.20 bits per heavy atom. The zero-order chi connectivity index (χ0) is 7.23. The molecule has 0 aliphatic heterocycles. The Labute approximate surface area is 62.3 Å². The summed E-state index contributed by atoms with van der Waals surface area (Å²) in [5.74, 6) is 0. The molecule has 0 heterocycles. The molecular formula is C8H10OP+. The predicted molar refractivity (Wildman–Crippen MR) is 44.0 cm³/mol. The van der Waals surface area contributed by atoms with Gasteiger partial charge in [-0.05, 0) is 5.56 Å². The summed E-state index contributed by atoms with van der Waals surface area (Å²) in [5, 5.41) is 0. The highest BCUT2D eigenvalue weighted by molar-refractivity contribution is 7.23. The van der Waals surface area contributed by atoms with Crippen LogP contribution in [0, 0.1) is 0 Å². The van der Waals surface area contributed by atoms with Crippen LogP contribution < -0.4 is 0 Å². The highest BCUT2D eigenvalue weighted by Gasteiger charge is 1.93. The van der Waals surface area contributed by atoms with E-state index in [1.807, 2.05) is 18.2 Å². The van der Waals surface area contributed by atoms with E-state index in [2.05, 4.69) is 12.1 Å². The van der Waals surface area contributed by atoms with Crippen molar-refractivity contribution >= 4 is 8.46 Å². The highest BCUT2D eigenvalue weighted by Crippen LogP contribution is 2.02. The van der Waals surface area contributed by atoms with Crippen LogP contribution >= 0.6 is 8.46 Å². The molecule has 52 valence electrons. The molecule has 1 rings (SSSR count). The van der Waals surface area contributed by atoms with Crippen LogP contribution in [0.5, 0.6) is 0 Å². The summed E-state index contributed by atoms with van der Waals surface area (Å²) >= 11 is 0. The normalized spacial score (nSPS) is 10.0. The molecule has 10 heavy (non-hydrogen) atoms. The van der Waals surface area contributed by atoms with Crippen molar-refractivity contribution in [1.82, 2.24) is 0 Å². The Bertz CT molecular complexity index is 196. The average molecular weight is 153 g/mol. The minimum Gasteiger partial charge on any atom is -0.0775 e. The van der Waals surface area contributed by atoms with Crippen molar-refractivity contribution in [2.24, 2.45) is 0 Å². The van der Waals surface area contributed by atoms with Crippen molar-refractivity contribution in [3.8, 4) is 0 Å². The Balaban J connectivity index is 2.50. The van der Waals surface area contributed by atoms with E-state index in [1.54, 1.807) is 0 Å². The molecule has 1 unspecified atom stereocenters. The number of benzene rings is 1. The maximum atomic E-state index is 10.1. The van der Waals surface area contributed by atoms with Gasteiger partial charge in [0.2, 0.25) is 0 Å². The second-order valence-corrected chi connectivity index (χ2v) is 2.92. The topological polar surface area (TPSA) is 17.1 Å². The van der Waals surface area contributed by atoms with E-state index in [0.29, 0.717) is 0 Å². The Kier molecular flexibility index (Phi) is 3.11. The molecule has 1 aromatic rings. The summed E-state index contributed by atoms with van der Waals surface area (Å²) < 4.78 is 10.1. The van der Waals surface area contributed by atoms with Gasteiger partial charge in [0.1, 0.15) is 6.16 Å². The van der Waals surface area contributed by atoms with Gasteiger partial charge in [0.05, 0.1) is 0 Å². The number of hydrogen-bond acceptors (Lipinski definition) is 1. The fourth-order valence-electron chi connectivity index (χ4n) is 0.840. The fraction of sp³-hybridized carbons (Fsp3) is 0.250. The molecule has 0 aliphatic rings. The molecular weight excluding hydrogens is 143 g/mol. The Morgan fingerprint density at radius 2 is 1.90 bits per heavy atom. The molecule has 2 heteroatoms. The predicted octanol–water partition coefficient (Wildman–Crippen LogP) is 2.25. The maximum absolute atomic E-state index is 10.1. The lowest BCUT2D eigenvalue weighted by atomic mass is 10.2. The second kappa shape index (κ2) is 4.19. The summed E-state index contributed by atoms with van der Waals surface area (Å²) in [6.07, 6.45) is 1.72. The smallest absolute Gasteiger partial charge is 0.0775 e. The fourth-order valence-corrected chi connectivity index (χ4v) is 1.23. The van der Waals surface area contributed by atoms with Crippen LogP contribution in [0.3, 0.4) is 0 Å². The van der Waals surface area contributed by atoms with Crippen molar-refractivity contribution in [2.75, 3.05) is 6.16 Å². The van der Waals surface area contributed by atoms with Crippen LogP contribution in [0.1, 0.15) is 5.56 Å². The van der Waals surface area contributed by atoms with Crippen LogP contribution in [0.15, 0.2) is 30.3 Å². The van der Waals surface area contributed by atoms with E-state index >= 15 is 0 Å². The molecule has 0 bridgehead atoms. The molecule has 0 aromatic heterocycles. The summed E-state index contributed by atoms with van der Waals surface area (Å²) in [5.41, 5.74) is 1.27. The molecule has 1 nitrogen and oxygen atoms in total. The first kappa shape index (κ1) is 7.43. The first-order chi connectivity index (χ1) is 4.93. The molecule has 0 radical (unpaired) electrons. The quantitative estimate of drug-likeness (QED) is 0.608. The van der Waals surface area contributed by atoms with E-state index in [1.165, 1.54) is 5.56 Å². The molecule has 0 amide bonds. The standard InChI is InChI=1S/C8H9OP/c9-10-7-6-8-4-2-1-3-5-8/h1-5H,6-7H2/p+1. The SMILES string of the molecule is O=[PH+]CCc1ccccc1. The zero-order valence-corrected chi connectivity index (χ0v) is 6.71. The van der Waals surface area contributed by atoms with Gasteiger partial charge in [0.15, 0.2) is 0 Å². The molecule has 0 spiro atoms. The highest BCUT2D eigenvalue weighted by atomic mass is 31.1. The van der Waals surface area contributed by atoms with Crippen LogP contribution in [-0.4, -0.2) is 6.16 Å². The summed E-state index contributed by atoms with van der Waals surface area (Å²) in [6, 6.07) is 10.1. The van der Waals surface area contributed by atoms with Gasteiger partial charge in [-0.15, -0.1) is 0 Å². The molecule has 0 saturated carbocycles. The summed E-state index contributed by atoms with van der Waals surface area (Å²) in [7, 11) is -0.167. The van der Waals surface area contributed by atoms with E-state index in [-0.39, 0.29) is 8.46 Å². The summed E-state index contributed by atoms with van der Waals surface area (Å²) in [4.78, 5) is 0. The molecule has 1 atom stereocenters. The van der Waals surface area contributed by atoms with Gasteiger partial charge in [0.25, 0.3) is 0 Å².